The topological polar surface area (TPSA) is 59.2 Å². The van der Waals surface area contributed by atoms with E-state index in [1.165, 1.54) is 7.11 Å². The molecule has 0 unspecified atom stereocenters. The van der Waals surface area contributed by atoms with Crippen molar-refractivity contribution in [3.8, 4) is 0 Å². The predicted octanol–water partition coefficient (Wildman–Crippen LogP) is 2.88. The number of benzene rings is 1. The van der Waals surface area contributed by atoms with Crippen LogP contribution < -0.4 is 0 Å². The Balaban J connectivity index is 2.46. The van der Waals surface area contributed by atoms with Crippen LogP contribution in [0.1, 0.15) is 22.3 Å². The number of halogens is 1. The number of hydrogen-bond donors (Lipinski definition) is 1. The van der Waals surface area contributed by atoms with Gasteiger partial charge in [-0.1, -0.05) is 11.6 Å². The number of nitrogens with one attached hydrogen (secondary N) is 1. The Morgan fingerprint density at radius 3 is 2.78 bits per heavy atom. The summed E-state index contributed by atoms with van der Waals surface area (Å²) in [7, 11) is 1.26. The summed E-state index contributed by atoms with van der Waals surface area (Å²) in [6.07, 6.45) is 1.30. The summed E-state index contributed by atoms with van der Waals surface area (Å²) in [5, 5.41) is 1.29. The number of aromatic amines is 1. The zero-order valence-electron chi connectivity index (χ0n) is 10.0. The molecule has 1 N–H and O–H groups in total. The van der Waals surface area contributed by atoms with Crippen LogP contribution in [-0.2, 0) is 9.53 Å². The van der Waals surface area contributed by atoms with Crippen LogP contribution >= 0.6 is 11.6 Å². The molecule has 94 valence electrons. The molecule has 0 spiro atoms. The molecule has 0 radical (unpaired) electrons. The van der Waals surface area contributed by atoms with E-state index in [9.17, 15) is 9.59 Å². The molecular formula is C13H12ClNO3. The highest BCUT2D eigenvalue weighted by Crippen LogP contribution is 2.27. The number of carbonyl (C=O) groups excluding carboxylic acids is 2. The first-order valence-electron chi connectivity index (χ1n) is 5.40. The van der Waals surface area contributed by atoms with Crippen molar-refractivity contribution in [2.45, 2.75) is 13.3 Å². The van der Waals surface area contributed by atoms with Crippen molar-refractivity contribution in [3.05, 3.63) is 34.5 Å². The van der Waals surface area contributed by atoms with Crippen LogP contribution in [0.25, 0.3) is 10.9 Å². The van der Waals surface area contributed by atoms with Crippen LogP contribution in [0.2, 0.25) is 5.02 Å². The van der Waals surface area contributed by atoms with Crippen molar-refractivity contribution in [3.63, 3.8) is 0 Å². The molecule has 0 amide bonds. The van der Waals surface area contributed by atoms with Gasteiger partial charge in [0.05, 0.1) is 17.6 Å². The van der Waals surface area contributed by atoms with E-state index in [1.807, 2.05) is 19.1 Å². The van der Waals surface area contributed by atoms with E-state index in [0.29, 0.717) is 16.1 Å². The van der Waals surface area contributed by atoms with Crippen LogP contribution in [-0.4, -0.2) is 23.8 Å². The molecule has 0 saturated carbocycles. The maximum atomic E-state index is 11.9. The highest BCUT2D eigenvalue weighted by molar-refractivity contribution is 6.35. The first-order valence-corrected chi connectivity index (χ1v) is 5.78. The third-order valence-electron chi connectivity index (χ3n) is 2.72. The van der Waals surface area contributed by atoms with Crippen molar-refractivity contribution < 1.29 is 14.3 Å². The van der Waals surface area contributed by atoms with Gasteiger partial charge in [-0.05, 0) is 24.6 Å². The molecule has 1 aromatic heterocycles. The number of esters is 1. The monoisotopic (exact) mass is 265 g/mol. The third kappa shape index (κ3) is 2.24. The predicted molar refractivity (Wildman–Crippen MR) is 69.0 cm³/mol. The summed E-state index contributed by atoms with van der Waals surface area (Å²) in [5.74, 6) is -0.831. The second-order valence-electron chi connectivity index (χ2n) is 4.05. The highest BCUT2D eigenvalue weighted by atomic mass is 35.5. The fourth-order valence-corrected chi connectivity index (χ4v) is 2.18. The van der Waals surface area contributed by atoms with E-state index in [0.717, 1.165) is 10.9 Å². The number of carbonyl (C=O) groups is 2. The minimum atomic E-state index is -0.548. The third-order valence-corrected chi connectivity index (χ3v) is 3.02. The molecule has 4 nitrogen and oxygen atoms in total. The molecule has 0 atom stereocenters. The number of fused-ring (bicyclic) bond motifs is 1. The Kier molecular flexibility index (Phi) is 3.39. The van der Waals surface area contributed by atoms with Gasteiger partial charge in [0.2, 0.25) is 0 Å². The molecule has 0 aliphatic carbocycles. The van der Waals surface area contributed by atoms with Gasteiger partial charge in [0.25, 0.3) is 0 Å². The van der Waals surface area contributed by atoms with Gasteiger partial charge in [-0.15, -0.1) is 0 Å². The first-order chi connectivity index (χ1) is 8.52. The average molecular weight is 266 g/mol. The van der Waals surface area contributed by atoms with Gasteiger partial charge in [0, 0.05) is 17.1 Å². The van der Waals surface area contributed by atoms with Crippen molar-refractivity contribution in [1.29, 1.82) is 0 Å². The van der Waals surface area contributed by atoms with E-state index in [1.54, 1.807) is 6.20 Å². The van der Waals surface area contributed by atoms with E-state index >= 15 is 0 Å². The molecule has 0 bridgehead atoms. The lowest BCUT2D eigenvalue weighted by molar-refractivity contribution is -0.139. The van der Waals surface area contributed by atoms with Gasteiger partial charge in [0.15, 0.2) is 5.78 Å². The number of H-pyrrole nitrogens is 1. The summed E-state index contributed by atoms with van der Waals surface area (Å²) in [6, 6.07) is 3.68. The van der Waals surface area contributed by atoms with Gasteiger partial charge in [-0.3, -0.25) is 9.59 Å². The maximum absolute atomic E-state index is 11.9. The van der Waals surface area contributed by atoms with Crippen LogP contribution in [0, 0.1) is 6.92 Å². The lowest BCUT2D eigenvalue weighted by atomic mass is 10.1. The number of ether oxygens (including phenoxy) is 1. The molecule has 2 rings (SSSR count). The van der Waals surface area contributed by atoms with Crippen LogP contribution in [0.4, 0.5) is 0 Å². The zero-order valence-corrected chi connectivity index (χ0v) is 10.8. The van der Waals surface area contributed by atoms with Gasteiger partial charge in [0.1, 0.15) is 6.42 Å². The molecule has 5 heteroatoms. The molecular weight excluding hydrogens is 254 g/mol. The van der Waals surface area contributed by atoms with Crippen molar-refractivity contribution >= 4 is 34.3 Å². The van der Waals surface area contributed by atoms with Gasteiger partial charge in [-0.2, -0.15) is 0 Å². The Bertz CT molecular complexity index is 630. The highest BCUT2D eigenvalue weighted by Gasteiger charge is 2.17. The SMILES string of the molecule is COC(=O)CC(=O)c1c[nH]c2c(Cl)cc(C)cc12. The van der Waals surface area contributed by atoms with E-state index in [4.69, 9.17) is 11.6 Å². The molecule has 18 heavy (non-hydrogen) atoms. The molecule has 2 aromatic rings. The molecule has 0 aliphatic rings. The molecule has 0 fully saturated rings. The Hall–Kier alpha value is -1.81. The molecule has 1 heterocycles. The summed E-state index contributed by atoms with van der Waals surface area (Å²) in [6.45, 7) is 1.90. The summed E-state index contributed by atoms with van der Waals surface area (Å²) in [5.41, 5.74) is 2.12. The van der Waals surface area contributed by atoms with Crippen LogP contribution in [0.3, 0.4) is 0 Å². The minimum absolute atomic E-state index is 0.269. The molecule has 0 aliphatic heterocycles. The largest absolute Gasteiger partial charge is 0.469 e. The second-order valence-corrected chi connectivity index (χ2v) is 4.45. The lowest BCUT2D eigenvalue weighted by Crippen LogP contribution is -2.09. The van der Waals surface area contributed by atoms with Gasteiger partial charge >= 0.3 is 5.97 Å². The summed E-state index contributed by atoms with van der Waals surface area (Å²) in [4.78, 5) is 26.0. The Morgan fingerprint density at radius 2 is 2.11 bits per heavy atom. The quantitative estimate of drug-likeness (QED) is 0.527. The molecule has 0 saturated heterocycles. The lowest BCUT2D eigenvalue weighted by Gasteiger charge is -2.01. The number of rotatable bonds is 3. The number of methoxy groups -OCH3 is 1. The van der Waals surface area contributed by atoms with Gasteiger partial charge in [-0.25, -0.2) is 0 Å². The number of aryl methyl sites for hydroxylation is 1. The number of ketones is 1. The number of aromatic nitrogens is 1. The standard InChI is InChI=1S/C13H12ClNO3/c1-7-3-8-9(11(16)5-12(17)18-2)6-15-13(8)10(14)4-7/h3-4,6,15H,5H2,1-2H3. The van der Waals surface area contributed by atoms with Crippen molar-refractivity contribution in [2.75, 3.05) is 7.11 Å². The summed E-state index contributed by atoms with van der Waals surface area (Å²) >= 11 is 6.08. The van der Waals surface area contributed by atoms with Crippen molar-refractivity contribution in [1.82, 2.24) is 4.98 Å². The zero-order chi connectivity index (χ0) is 13.3. The second kappa shape index (κ2) is 4.82. The number of Topliss-reactive ketones (excluding diaryl/α,β-unsaturated/α-hetero) is 1. The fourth-order valence-electron chi connectivity index (χ4n) is 1.85. The van der Waals surface area contributed by atoms with Crippen LogP contribution in [0.5, 0.6) is 0 Å². The van der Waals surface area contributed by atoms with Crippen LogP contribution in [0.15, 0.2) is 18.3 Å². The Morgan fingerprint density at radius 1 is 1.39 bits per heavy atom. The van der Waals surface area contributed by atoms with E-state index in [-0.39, 0.29) is 12.2 Å². The minimum Gasteiger partial charge on any atom is -0.469 e. The number of hydrogen-bond acceptors (Lipinski definition) is 3. The maximum Gasteiger partial charge on any atom is 0.313 e. The fraction of sp³-hybridized carbons (Fsp3) is 0.231. The first kappa shape index (κ1) is 12.6. The smallest absolute Gasteiger partial charge is 0.313 e. The van der Waals surface area contributed by atoms with Crippen molar-refractivity contribution in [2.24, 2.45) is 0 Å². The normalized spacial score (nSPS) is 10.6. The molecule has 1 aromatic carbocycles. The average Bonchev–Trinajstić information content (AvgIpc) is 2.72. The summed E-state index contributed by atoms with van der Waals surface area (Å²) < 4.78 is 4.48. The Labute approximate surface area is 109 Å². The van der Waals surface area contributed by atoms with Gasteiger partial charge < -0.3 is 9.72 Å². The van der Waals surface area contributed by atoms with E-state index < -0.39 is 5.97 Å². The van der Waals surface area contributed by atoms with E-state index in [2.05, 4.69) is 9.72 Å².